The van der Waals surface area contributed by atoms with Gasteiger partial charge in [-0.3, -0.25) is 4.79 Å². The Morgan fingerprint density at radius 2 is 2.10 bits per heavy atom. The van der Waals surface area contributed by atoms with Crippen LogP contribution in [0, 0.1) is 0 Å². The number of carbonyl (C=O) groups excluding carboxylic acids is 1. The zero-order valence-electron chi connectivity index (χ0n) is 11.9. The highest BCUT2D eigenvalue weighted by atomic mass is 79.9. The van der Waals surface area contributed by atoms with E-state index in [-0.39, 0.29) is 17.7 Å². The molecule has 2 heterocycles. The van der Waals surface area contributed by atoms with Crippen molar-refractivity contribution in [3.05, 3.63) is 46.0 Å². The molecule has 0 atom stereocenters. The highest BCUT2D eigenvalue weighted by Gasteiger charge is 2.36. The van der Waals surface area contributed by atoms with Gasteiger partial charge in [0, 0.05) is 23.5 Å². The van der Waals surface area contributed by atoms with Crippen LogP contribution in [0.25, 0.3) is 0 Å². The predicted molar refractivity (Wildman–Crippen MR) is 81.2 cm³/mol. The first-order valence-electron chi connectivity index (χ1n) is 6.93. The van der Waals surface area contributed by atoms with E-state index in [0.717, 1.165) is 10.3 Å². The van der Waals surface area contributed by atoms with Gasteiger partial charge < -0.3 is 9.42 Å². The Bertz CT molecular complexity index is 662. The maximum Gasteiger partial charge on any atom is 0.255 e. The Morgan fingerprint density at radius 1 is 1.38 bits per heavy atom. The van der Waals surface area contributed by atoms with Gasteiger partial charge in [-0.1, -0.05) is 31.1 Å². The molecule has 0 N–H and O–H groups in total. The molecule has 0 bridgehead atoms. The topological polar surface area (TPSA) is 59.2 Å². The van der Waals surface area contributed by atoms with Crippen molar-refractivity contribution < 1.29 is 9.32 Å². The quantitative estimate of drug-likeness (QED) is 0.853. The van der Waals surface area contributed by atoms with E-state index in [2.05, 4.69) is 26.1 Å². The van der Waals surface area contributed by atoms with E-state index in [1.165, 1.54) is 0 Å². The fourth-order valence-corrected chi connectivity index (χ4v) is 2.71. The van der Waals surface area contributed by atoms with Crippen molar-refractivity contribution in [1.29, 1.82) is 0 Å². The number of hydrogen-bond donors (Lipinski definition) is 0. The molecule has 0 unspecified atom stereocenters. The van der Waals surface area contributed by atoms with Crippen LogP contribution in [0.4, 0.5) is 0 Å². The summed E-state index contributed by atoms with van der Waals surface area (Å²) in [6, 6.07) is 7.45. The molecular formula is C15H16BrN3O2. The highest BCUT2D eigenvalue weighted by molar-refractivity contribution is 9.10. The van der Waals surface area contributed by atoms with Gasteiger partial charge in [-0.15, -0.1) is 0 Å². The summed E-state index contributed by atoms with van der Waals surface area (Å²) in [6.45, 7) is 5.30. The number of rotatable bonds is 3. The largest absolute Gasteiger partial charge is 0.339 e. The average molecular weight is 350 g/mol. The standard InChI is InChI=1S/C15H16BrN3O2/c1-9(2)13-17-14(21-18-13)10-7-19(8-10)15(20)11-5-3-4-6-12(11)16/h3-6,9-10H,7-8H2,1-2H3. The second-order valence-electron chi connectivity index (χ2n) is 5.53. The average Bonchev–Trinajstić information content (AvgIpc) is 2.87. The first kappa shape index (κ1) is 14.3. The Hall–Kier alpha value is -1.69. The van der Waals surface area contributed by atoms with Crippen molar-refractivity contribution in [1.82, 2.24) is 15.0 Å². The van der Waals surface area contributed by atoms with Crippen LogP contribution in [-0.2, 0) is 0 Å². The molecule has 0 saturated carbocycles. The smallest absolute Gasteiger partial charge is 0.255 e. The minimum absolute atomic E-state index is 0.0299. The van der Waals surface area contributed by atoms with Crippen LogP contribution in [0.15, 0.2) is 33.3 Å². The molecule has 2 aromatic rings. The maximum atomic E-state index is 12.4. The lowest BCUT2D eigenvalue weighted by Gasteiger charge is -2.37. The molecule has 0 spiro atoms. The molecule has 1 aromatic heterocycles. The second-order valence-corrected chi connectivity index (χ2v) is 6.39. The second kappa shape index (κ2) is 5.60. The lowest BCUT2D eigenvalue weighted by atomic mass is 9.98. The molecule has 1 amide bonds. The normalized spacial score (nSPS) is 15.3. The monoisotopic (exact) mass is 349 g/mol. The molecule has 1 aromatic carbocycles. The predicted octanol–water partition coefficient (Wildman–Crippen LogP) is 3.20. The first-order valence-corrected chi connectivity index (χ1v) is 7.73. The molecule has 1 aliphatic rings. The van der Waals surface area contributed by atoms with Crippen LogP contribution in [-0.4, -0.2) is 34.0 Å². The lowest BCUT2D eigenvalue weighted by Crippen LogP contribution is -2.48. The molecule has 5 nitrogen and oxygen atoms in total. The first-order chi connectivity index (χ1) is 10.1. The number of benzene rings is 1. The maximum absolute atomic E-state index is 12.4. The van der Waals surface area contributed by atoms with Crippen LogP contribution < -0.4 is 0 Å². The molecule has 6 heteroatoms. The van der Waals surface area contributed by atoms with Gasteiger partial charge in [0.15, 0.2) is 5.82 Å². The van der Waals surface area contributed by atoms with Crippen molar-refractivity contribution in [2.24, 2.45) is 0 Å². The molecule has 1 saturated heterocycles. The van der Waals surface area contributed by atoms with Crippen molar-refractivity contribution in [3.8, 4) is 0 Å². The Balaban J connectivity index is 1.65. The van der Waals surface area contributed by atoms with Gasteiger partial charge in [-0.25, -0.2) is 0 Å². The summed E-state index contributed by atoms with van der Waals surface area (Å²) in [5.41, 5.74) is 0.685. The molecule has 110 valence electrons. The molecule has 1 fully saturated rings. The number of carbonyl (C=O) groups is 1. The highest BCUT2D eigenvalue weighted by Crippen LogP contribution is 2.29. The summed E-state index contributed by atoms with van der Waals surface area (Å²) in [7, 11) is 0. The van der Waals surface area contributed by atoms with E-state index in [1.54, 1.807) is 4.90 Å². The minimum Gasteiger partial charge on any atom is -0.339 e. The summed E-state index contributed by atoms with van der Waals surface area (Å²) in [4.78, 5) is 18.6. The Kier molecular flexibility index (Phi) is 3.80. The van der Waals surface area contributed by atoms with Gasteiger partial charge in [-0.05, 0) is 28.1 Å². The fourth-order valence-electron chi connectivity index (χ4n) is 2.25. The van der Waals surface area contributed by atoms with Crippen molar-refractivity contribution >= 4 is 21.8 Å². The third kappa shape index (κ3) is 2.72. The zero-order valence-corrected chi connectivity index (χ0v) is 13.5. The SMILES string of the molecule is CC(C)c1noc(C2CN(C(=O)c3ccccc3Br)C2)n1. The minimum atomic E-state index is 0.0299. The third-order valence-corrected chi connectivity index (χ3v) is 4.29. The summed E-state index contributed by atoms with van der Waals surface area (Å²) in [5.74, 6) is 1.79. The number of halogens is 1. The number of amides is 1. The van der Waals surface area contributed by atoms with E-state index >= 15 is 0 Å². The number of aromatic nitrogens is 2. The van der Waals surface area contributed by atoms with E-state index < -0.39 is 0 Å². The van der Waals surface area contributed by atoms with Crippen LogP contribution in [0.1, 0.15) is 47.8 Å². The van der Waals surface area contributed by atoms with E-state index in [1.807, 2.05) is 38.1 Å². The van der Waals surface area contributed by atoms with Crippen LogP contribution >= 0.6 is 15.9 Å². The third-order valence-electron chi connectivity index (χ3n) is 3.60. The van der Waals surface area contributed by atoms with Crippen LogP contribution in [0.3, 0.4) is 0 Å². The zero-order chi connectivity index (χ0) is 15.0. The van der Waals surface area contributed by atoms with Gasteiger partial charge in [-0.2, -0.15) is 4.98 Å². The van der Waals surface area contributed by atoms with E-state index in [9.17, 15) is 4.79 Å². The summed E-state index contributed by atoms with van der Waals surface area (Å²) < 4.78 is 6.10. The summed E-state index contributed by atoms with van der Waals surface area (Å²) >= 11 is 3.41. The summed E-state index contributed by atoms with van der Waals surface area (Å²) in [5, 5.41) is 3.96. The molecule has 1 aliphatic heterocycles. The van der Waals surface area contributed by atoms with Crippen LogP contribution in [0.2, 0.25) is 0 Å². The Labute approximate surface area is 131 Å². The molecule has 3 rings (SSSR count). The number of nitrogens with zero attached hydrogens (tertiary/aromatic N) is 3. The van der Waals surface area contributed by atoms with Crippen molar-refractivity contribution in [3.63, 3.8) is 0 Å². The number of hydrogen-bond acceptors (Lipinski definition) is 4. The summed E-state index contributed by atoms with van der Waals surface area (Å²) in [6.07, 6.45) is 0. The van der Waals surface area contributed by atoms with Gasteiger partial charge in [0.1, 0.15) is 0 Å². The number of likely N-dealkylation sites (tertiary alicyclic amines) is 1. The Morgan fingerprint density at radius 3 is 2.71 bits per heavy atom. The van der Waals surface area contributed by atoms with Crippen molar-refractivity contribution in [2.75, 3.05) is 13.1 Å². The molecule has 0 aliphatic carbocycles. The molecular weight excluding hydrogens is 334 g/mol. The fraction of sp³-hybridized carbons (Fsp3) is 0.400. The van der Waals surface area contributed by atoms with E-state index in [0.29, 0.717) is 24.5 Å². The van der Waals surface area contributed by atoms with Gasteiger partial charge in [0.05, 0.1) is 11.5 Å². The van der Waals surface area contributed by atoms with E-state index in [4.69, 9.17) is 4.52 Å². The molecule has 21 heavy (non-hydrogen) atoms. The van der Waals surface area contributed by atoms with Gasteiger partial charge in [0.25, 0.3) is 5.91 Å². The lowest BCUT2D eigenvalue weighted by molar-refractivity contribution is 0.0568. The van der Waals surface area contributed by atoms with Crippen molar-refractivity contribution in [2.45, 2.75) is 25.7 Å². The van der Waals surface area contributed by atoms with Gasteiger partial charge >= 0.3 is 0 Å². The van der Waals surface area contributed by atoms with Crippen LogP contribution in [0.5, 0.6) is 0 Å². The molecule has 0 radical (unpaired) electrons. The van der Waals surface area contributed by atoms with Gasteiger partial charge in [0.2, 0.25) is 5.89 Å².